The minimum atomic E-state index is -0.793. The second-order valence-electron chi connectivity index (χ2n) is 9.67. The number of aromatic nitrogens is 7. The van der Waals surface area contributed by atoms with Gasteiger partial charge in [-0.15, -0.1) is 4.68 Å². The van der Waals surface area contributed by atoms with E-state index in [0.717, 1.165) is 48.2 Å². The lowest BCUT2D eigenvalue weighted by Crippen LogP contribution is -2.76. The minimum Gasteiger partial charge on any atom is -0.346 e. The summed E-state index contributed by atoms with van der Waals surface area (Å²) in [5.41, 5.74) is 2.46. The van der Waals surface area contributed by atoms with Crippen LogP contribution in [0.15, 0.2) is 43.2 Å². The lowest BCUT2D eigenvalue weighted by molar-refractivity contribution is -0.822. The van der Waals surface area contributed by atoms with Crippen LogP contribution in [0.25, 0.3) is 22.3 Å². The first kappa shape index (κ1) is 23.2. The third kappa shape index (κ3) is 4.11. The Morgan fingerprint density at radius 1 is 1.24 bits per heavy atom. The zero-order chi connectivity index (χ0) is 25.4. The van der Waals surface area contributed by atoms with Crippen molar-refractivity contribution in [3.63, 3.8) is 0 Å². The number of nitrogens with one attached hydrogen (secondary N) is 2. The molecule has 0 aliphatic carbocycles. The maximum Gasteiger partial charge on any atom is 0.272 e. The Balaban J connectivity index is 1.12. The Hall–Kier alpha value is -4.24. The molecule has 2 saturated heterocycles. The summed E-state index contributed by atoms with van der Waals surface area (Å²) in [6, 6.07) is 6.19. The number of rotatable bonds is 6. The molecule has 2 N–H and O–H groups in total. The molecule has 188 valence electrons. The van der Waals surface area contributed by atoms with Crippen molar-refractivity contribution in [2.45, 2.75) is 37.5 Å². The molecule has 2 aliphatic heterocycles. The van der Waals surface area contributed by atoms with Crippen LogP contribution >= 0.6 is 0 Å². The zero-order valence-electron chi connectivity index (χ0n) is 20.1. The average molecular weight is 502 g/mol. The summed E-state index contributed by atoms with van der Waals surface area (Å²) in [6.45, 7) is 1.93. The van der Waals surface area contributed by atoms with Crippen LogP contribution in [-0.4, -0.2) is 77.9 Å². The molecule has 4 aromatic heterocycles. The van der Waals surface area contributed by atoms with E-state index >= 15 is 0 Å². The number of nitrogens with zero attached hydrogens (tertiary/aromatic N) is 8. The number of amides is 1. The molecule has 11 nitrogen and oxygen atoms in total. The molecular formula is C25H26FN10O+. The van der Waals surface area contributed by atoms with Crippen LogP contribution in [0.1, 0.15) is 35.6 Å². The highest BCUT2D eigenvalue weighted by molar-refractivity contribution is 5.92. The number of hydrogen-bond donors (Lipinski definition) is 2. The van der Waals surface area contributed by atoms with Crippen LogP contribution in [0.4, 0.5) is 4.39 Å². The van der Waals surface area contributed by atoms with Crippen LogP contribution in [0.2, 0.25) is 0 Å². The standard InChI is InChI=1S/C25H25FN10O/c26-11-21-28-8-2-20(33-21)24(37)34-9-3-18(4-10-34)35-14-25(15-35,5-6-27)36-13-17(12-32-36)22-19-1-7-29-23(19)31-16-30-22/h1-2,7-8,12-13,16,18H,3-5,9-11,14-15H2,(H,29,30,31)/p+1. The summed E-state index contributed by atoms with van der Waals surface area (Å²) in [4.78, 5) is 36.7. The van der Waals surface area contributed by atoms with Gasteiger partial charge in [-0.25, -0.2) is 24.3 Å². The largest absolute Gasteiger partial charge is 0.346 e. The van der Waals surface area contributed by atoms with E-state index in [4.69, 9.17) is 0 Å². The highest BCUT2D eigenvalue weighted by Crippen LogP contribution is 2.33. The first-order valence-electron chi connectivity index (χ1n) is 12.3. The molecule has 0 bridgehead atoms. The number of carbonyl (C=O) groups excluding carboxylic acids is 1. The smallest absolute Gasteiger partial charge is 0.272 e. The topological polar surface area (TPSA) is 134 Å². The van der Waals surface area contributed by atoms with E-state index in [0.29, 0.717) is 25.6 Å². The Labute approximate surface area is 212 Å². The number of hydrogen-bond acceptors (Lipinski definition) is 7. The lowest BCUT2D eigenvalue weighted by Gasteiger charge is -2.49. The maximum absolute atomic E-state index is 12.9. The molecule has 0 saturated carbocycles. The molecule has 0 spiro atoms. The van der Waals surface area contributed by atoms with E-state index in [2.05, 4.69) is 41.0 Å². The molecule has 1 amide bonds. The number of carbonyl (C=O) groups is 1. The number of piperidine rings is 1. The molecule has 4 aromatic rings. The molecule has 2 aliphatic rings. The molecule has 6 heterocycles. The number of fused-ring (bicyclic) bond motifs is 1. The van der Waals surface area contributed by atoms with E-state index < -0.39 is 6.67 Å². The predicted octanol–water partition coefficient (Wildman–Crippen LogP) is 1.73. The Bertz CT molecular complexity index is 1480. The summed E-state index contributed by atoms with van der Waals surface area (Å²) >= 11 is 0. The number of nitriles is 1. The number of halogens is 1. The fraction of sp³-hybridized carbons (Fsp3) is 0.400. The first-order chi connectivity index (χ1) is 18.1. The van der Waals surface area contributed by atoms with Crippen molar-refractivity contribution >= 4 is 16.9 Å². The number of aromatic amines is 2. The molecule has 12 heteroatoms. The van der Waals surface area contributed by atoms with Crippen LogP contribution in [0.5, 0.6) is 0 Å². The zero-order valence-corrected chi connectivity index (χ0v) is 20.1. The predicted molar refractivity (Wildman–Crippen MR) is 129 cm³/mol. The maximum atomic E-state index is 12.9. The van der Waals surface area contributed by atoms with Gasteiger partial charge in [0.25, 0.3) is 5.91 Å². The van der Waals surface area contributed by atoms with Crippen molar-refractivity contribution in [3.05, 3.63) is 54.8 Å². The Morgan fingerprint density at radius 2 is 2.08 bits per heavy atom. The van der Waals surface area contributed by atoms with Crippen molar-refractivity contribution in [2.24, 2.45) is 0 Å². The van der Waals surface area contributed by atoms with Gasteiger partial charge in [-0.2, -0.15) is 10.4 Å². The fourth-order valence-electron chi connectivity index (χ4n) is 5.50. The van der Waals surface area contributed by atoms with Gasteiger partial charge in [-0.3, -0.25) is 9.69 Å². The van der Waals surface area contributed by atoms with E-state index in [9.17, 15) is 14.4 Å². The number of H-pyrrole nitrogens is 2. The van der Waals surface area contributed by atoms with Crippen LogP contribution in [-0.2, 0) is 12.2 Å². The summed E-state index contributed by atoms with van der Waals surface area (Å²) in [5, 5.41) is 13.9. The van der Waals surface area contributed by atoms with Crippen molar-refractivity contribution in [1.82, 2.24) is 39.8 Å². The SMILES string of the molecule is N#CCC1([n+]2cc(-c3ncnc4[nH]ccc34)c[nH]2)CN(C2CCN(C(=O)c3ccnc(CF)n3)CC2)C1. The summed E-state index contributed by atoms with van der Waals surface area (Å²) < 4.78 is 14.9. The summed E-state index contributed by atoms with van der Waals surface area (Å²) in [7, 11) is 0. The van der Waals surface area contributed by atoms with Gasteiger partial charge in [-0.05, 0) is 25.0 Å². The first-order valence-corrected chi connectivity index (χ1v) is 12.3. The summed E-state index contributed by atoms with van der Waals surface area (Å²) in [6.07, 6.45) is 10.8. The van der Waals surface area contributed by atoms with Crippen molar-refractivity contribution in [2.75, 3.05) is 26.2 Å². The second-order valence-corrected chi connectivity index (χ2v) is 9.67. The van der Waals surface area contributed by atoms with Crippen LogP contribution < -0.4 is 4.68 Å². The van der Waals surface area contributed by atoms with Gasteiger partial charge in [0.2, 0.25) is 11.7 Å². The molecule has 6 rings (SSSR count). The van der Waals surface area contributed by atoms with Crippen molar-refractivity contribution < 1.29 is 13.9 Å². The molecule has 0 radical (unpaired) electrons. The fourth-order valence-corrected chi connectivity index (χ4v) is 5.50. The molecular weight excluding hydrogens is 475 g/mol. The highest BCUT2D eigenvalue weighted by Gasteiger charge is 2.55. The molecule has 0 atom stereocenters. The number of alkyl halides is 1. The molecule has 2 fully saturated rings. The third-order valence-electron chi connectivity index (χ3n) is 7.48. The van der Waals surface area contributed by atoms with Crippen LogP contribution in [0.3, 0.4) is 0 Å². The Morgan fingerprint density at radius 3 is 2.86 bits per heavy atom. The van der Waals surface area contributed by atoms with Gasteiger partial charge in [-0.1, -0.05) is 0 Å². The Kier molecular flexibility index (Phi) is 5.84. The number of likely N-dealkylation sites (tertiary alicyclic amines) is 2. The second kappa shape index (κ2) is 9.33. The van der Waals surface area contributed by atoms with E-state index in [1.165, 1.54) is 12.3 Å². The van der Waals surface area contributed by atoms with Crippen molar-refractivity contribution in [1.29, 1.82) is 5.26 Å². The molecule has 0 aromatic carbocycles. The van der Waals surface area contributed by atoms with Gasteiger partial charge < -0.3 is 9.88 Å². The average Bonchev–Trinajstić information content (AvgIpc) is 3.60. The van der Waals surface area contributed by atoms with Crippen LogP contribution in [0, 0.1) is 11.3 Å². The molecule has 37 heavy (non-hydrogen) atoms. The summed E-state index contributed by atoms with van der Waals surface area (Å²) in [5.74, 6) is -0.161. The monoisotopic (exact) mass is 501 g/mol. The highest BCUT2D eigenvalue weighted by atomic mass is 19.1. The lowest BCUT2D eigenvalue weighted by atomic mass is 9.83. The van der Waals surface area contributed by atoms with Gasteiger partial charge in [0.15, 0.2) is 5.82 Å². The van der Waals surface area contributed by atoms with E-state index in [1.54, 1.807) is 11.2 Å². The normalized spacial score (nSPS) is 18.0. The third-order valence-corrected chi connectivity index (χ3v) is 7.48. The minimum absolute atomic E-state index is 0.0253. The van der Waals surface area contributed by atoms with Gasteiger partial charge in [0.05, 0.1) is 36.6 Å². The molecule has 0 unspecified atom stereocenters. The van der Waals surface area contributed by atoms with E-state index in [1.807, 2.05) is 29.3 Å². The van der Waals surface area contributed by atoms with Crippen molar-refractivity contribution in [3.8, 4) is 17.3 Å². The quantitative estimate of drug-likeness (QED) is 0.384. The van der Waals surface area contributed by atoms with Gasteiger partial charge >= 0.3 is 0 Å². The van der Waals surface area contributed by atoms with Gasteiger partial charge in [0, 0.05) is 36.9 Å². The van der Waals surface area contributed by atoms with Gasteiger partial charge in [0.1, 0.15) is 30.8 Å². The van der Waals surface area contributed by atoms with E-state index in [-0.39, 0.29) is 23.0 Å².